The average Bonchev–Trinajstić information content (AvgIpc) is 1.85. The van der Waals surface area contributed by atoms with Gasteiger partial charge in [-0.05, 0) is 42.5 Å². The minimum atomic E-state index is -1.96. The molecule has 448 valence electrons. The predicted molar refractivity (Wildman–Crippen MR) is 295 cm³/mol. The summed E-state index contributed by atoms with van der Waals surface area (Å²) >= 11 is 0. The van der Waals surface area contributed by atoms with E-state index < -0.39 is 90.1 Å². The van der Waals surface area contributed by atoms with Gasteiger partial charge in [-0.25, -0.2) is 14.6 Å². The van der Waals surface area contributed by atoms with Crippen molar-refractivity contribution in [2.24, 2.45) is 21.6 Å². The predicted octanol–water partition coefficient (Wildman–Crippen LogP) is -2.72. The van der Waals surface area contributed by atoms with Gasteiger partial charge in [0.2, 0.25) is 29.5 Å². The molecule has 2 aromatic carbocycles. The van der Waals surface area contributed by atoms with Crippen LogP contribution in [0.4, 0.5) is 4.79 Å². The number of oxime groups is 1. The third-order valence-corrected chi connectivity index (χ3v) is 13.5. The molecule has 1 saturated heterocycles. The number of carbonyl (C=O) groups excluding carboxylic acids is 8. The van der Waals surface area contributed by atoms with Crippen molar-refractivity contribution >= 4 is 76.5 Å². The lowest BCUT2D eigenvalue weighted by molar-refractivity contribution is -0.172. The number of pyridine rings is 2. The number of nitrogens with two attached hydrogens (primary N) is 2. The molecule has 7 rings (SSSR count). The number of para-hydroxylation sites is 1. The molecular formula is C54H65N13O17. The fraction of sp³-hybridized carbons (Fsp3) is 0.426. The number of cyclic esters (lactones) is 1. The highest BCUT2D eigenvalue weighted by Gasteiger charge is 2.45. The third kappa shape index (κ3) is 16.6. The molecule has 0 bridgehead atoms. The van der Waals surface area contributed by atoms with Gasteiger partial charge in [0.15, 0.2) is 11.6 Å². The van der Waals surface area contributed by atoms with Crippen LogP contribution in [0.25, 0.3) is 22.3 Å². The summed E-state index contributed by atoms with van der Waals surface area (Å²) in [6, 6.07) is 10.1. The van der Waals surface area contributed by atoms with E-state index in [9.17, 15) is 58.2 Å². The second-order valence-corrected chi connectivity index (χ2v) is 19.4. The van der Waals surface area contributed by atoms with Crippen molar-refractivity contribution in [1.29, 1.82) is 0 Å². The quantitative estimate of drug-likeness (QED) is 0.00881. The number of aromatic nitrogens is 2. The van der Waals surface area contributed by atoms with Crippen LogP contribution in [0.5, 0.6) is 0 Å². The number of aliphatic imine (C=N–C) groups is 1. The van der Waals surface area contributed by atoms with Crippen molar-refractivity contribution in [2.45, 2.75) is 82.5 Å². The van der Waals surface area contributed by atoms with E-state index in [1.165, 1.54) is 6.21 Å². The number of hydrogen-bond donors (Lipinski definition) is 11. The number of carboxylic acid groups (broad SMARTS) is 1. The number of benzene rings is 2. The monoisotopic (exact) mass is 1170 g/mol. The SMILES string of the molecule is CC[C@@]1(O)C(=O)OCc2c1cc1n(c2=O)Cc2c-1nc1ccccc1c2/C=N\OCCNC(=O)COCCOCCOCC(=O)NCc1ccc(C[C@@H]2NC(=O)NC(=O)[C@H](CC(=O)O)NC(=O)CNC(=O)[C@H](CCCN=C(N)N)NC2=O)cc1. The molecule has 84 heavy (non-hydrogen) atoms. The van der Waals surface area contributed by atoms with Gasteiger partial charge in [0, 0.05) is 41.6 Å². The largest absolute Gasteiger partial charge is 0.481 e. The number of imide groups is 1. The molecular weight excluding hydrogens is 1100 g/mol. The normalized spacial score (nSPS) is 18.8. The molecule has 13 N–H and O–H groups in total. The maximum atomic E-state index is 13.7. The second-order valence-electron chi connectivity index (χ2n) is 19.4. The molecule has 4 aromatic rings. The Morgan fingerprint density at radius 2 is 1.55 bits per heavy atom. The van der Waals surface area contributed by atoms with Gasteiger partial charge >= 0.3 is 18.0 Å². The first-order chi connectivity index (χ1) is 40.3. The van der Waals surface area contributed by atoms with E-state index in [2.05, 4.69) is 42.0 Å². The Kier molecular flexibility index (Phi) is 21.9. The van der Waals surface area contributed by atoms with E-state index in [0.717, 1.165) is 5.39 Å². The number of esters is 1. The third-order valence-electron chi connectivity index (χ3n) is 13.5. The molecule has 0 spiro atoms. The maximum Gasteiger partial charge on any atom is 0.343 e. The molecule has 5 heterocycles. The first kappa shape index (κ1) is 62.2. The number of fused-ring (bicyclic) bond motifs is 5. The number of aliphatic carboxylic acids is 1. The molecule has 8 amide bonds. The first-order valence-corrected chi connectivity index (χ1v) is 26.7. The number of aliphatic hydroxyl groups is 1. The lowest BCUT2D eigenvalue weighted by Crippen LogP contribution is -2.59. The molecule has 3 aliphatic heterocycles. The number of guanidine groups is 1. The summed E-state index contributed by atoms with van der Waals surface area (Å²) in [4.78, 5) is 142. The summed E-state index contributed by atoms with van der Waals surface area (Å²) in [5.41, 5.74) is 13.0. The smallest absolute Gasteiger partial charge is 0.343 e. The van der Waals surface area contributed by atoms with Gasteiger partial charge in [0.05, 0.1) is 81.2 Å². The number of nitrogens with zero attached hydrogens (tertiary/aromatic N) is 4. The Hall–Kier alpha value is -9.39. The summed E-state index contributed by atoms with van der Waals surface area (Å²) in [5.74, 6) is -7.01. The van der Waals surface area contributed by atoms with Gasteiger partial charge in [-0.15, -0.1) is 0 Å². The Balaban J connectivity index is 0.780. The van der Waals surface area contributed by atoms with Crippen LogP contribution in [0.2, 0.25) is 0 Å². The molecule has 0 aliphatic carbocycles. The Bertz CT molecular complexity index is 3260. The van der Waals surface area contributed by atoms with Crippen LogP contribution in [0.15, 0.2) is 69.5 Å². The topological polar surface area (TPSA) is 436 Å². The molecule has 30 heteroatoms. The van der Waals surface area contributed by atoms with Crippen molar-refractivity contribution in [3.63, 3.8) is 0 Å². The van der Waals surface area contributed by atoms with E-state index in [0.29, 0.717) is 39.2 Å². The summed E-state index contributed by atoms with van der Waals surface area (Å²) in [6.45, 7) is 1.18. The zero-order valence-corrected chi connectivity index (χ0v) is 45.7. The molecule has 2 aromatic heterocycles. The lowest BCUT2D eigenvalue weighted by Gasteiger charge is -2.31. The minimum Gasteiger partial charge on any atom is -0.481 e. The molecule has 0 radical (unpaired) electrons. The Morgan fingerprint density at radius 1 is 0.845 bits per heavy atom. The number of urea groups is 1. The van der Waals surface area contributed by atoms with Gasteiger partial charge in [0.25, 0.3) is 11.5 Å². The van der Waals surface area contributed by atoms with Gasteiger partial charge in [-0.2, -0.15) is 0 Å². The first-order valence-electron chi connectivity index (χ1n) is 26.7. The van der Waals surface area contributed by atoms with Crippen molar-refractivity contribution < 1.29 is 77.1 Å². The van der Waals surface area contributed by atoms with Gasteiger partial charge in [-0.3, -0.25) is 48.7 Å². The summed E-state index contributed by atoms with van der Waals surface area (Å²) in [5, 5.41) is 42.3. The molecule has 4 atom stereocenters. The average molecular weight is 1170 g/mol. The van der Waals surface area contributed by atoms with E-state index >= 15 is 0 Å². The number of nitrogens with one attached hydrogen (secondary N) is 7. The Morgan fingerprint density at radius 3 is 2.26 bits per heavy atom. The fourth-order valence-corrected chi connectivity index (χ4v) is 9.15. The van der Waals surface area contributed by atoms with Crippen molar-refractivity contribution in [1.82, 2.24) is 46.8 Å². The standard InChI is InChI=1S/C54H65N13O17/c1-2-54(79)36-21-41-46-34(26-67(41)50(76)35(36)27-83-51(54)77)33(32-6-3-4-7-37(32)63-46)24-61-84-15-14-57-43(69)28-81-18-16-80-17-19-82-29-44(70)59-23-31-11-9-30(10-12-31)20-39-48(74)64-38(8-5-13-58-52(55)56)47(73)60-25-42(68)62-40(22-45(71)72)49(75)66-53(78)65-39/h3-4,6-7,9-12,21,24,38-40,79H,2,5,8,13-20,22-23,25-29H2,1H3,(H,57,69)(H,59,70)(H,60,73)(H,62,68)(H,64,74)(H,71,72)(H4,55,56,58)(H2,65,66,75,78)/b61-24-/t38-,39-,40-,54-/m0/s1. The highest BCUT2D eigenvalue weighted by molar-refractivity contribution is 6.03. The number of carboxylic acids is 1. The van der Waals surface area contributed by atoms with E-state index in [1.54, 1.807) is 41.8 Å². The number of hydrogen-bond acceptors (Lipinski definition) is 19. The van der Waals surface area contributed by atoms with Crippen LogP contribution in [0.3, 0.4) is 0 Å². The van der Waals surface area contributed by atoms with Gasteiger partial charge in [0.1, 0.15) is 44.6 Å². The lowest BCUT2D eigenvalue weighted by atomic mass is 9.86. The highest BCUT2D eigenvalue weighted by atomic mass is 16.6. The maximum absolute atomic E-state index is 13.7. The fourth-order valence-electron chi connectivity index (χ4n) is 9.15. The highest BCUT2D eigenvalue weighted by Crippen LogP contribution is 2.40. The summed E-state index contributed by atoms with van der Waals surface area (Å²) in [6.07, 6.45) is 0.733. The summed E-state index contributed by atoms with van der Waals surface area (Å²) < 4.78 is 23.0. The van der Waals surface area contributed by atoms with Crippen LogP contribution >= 0.6 is 0 Å². The molecule has 30 nitrogen and oxygen atoms in total. The molecule has 0 saturated carbocycles. The van der Waals surface area contributed by atoms with Crippen molar-refractivity contribution in [2.75, 3.05) is 65.9 Å². The number of ether oxygens (including phenoxy) is 4. The number of amides is 8. The van der Waals surface area contributed by atoms with Crippen molar-refractivity contribution in [3.8, 4) is 11.4 Å². The van der Waals surface area contributed by atoms with Gasteiger partial charge < -0.3 is 81.9 Å². The summed E-state index contributed by atoms with van der Waals surface area (Å²) in [7, 11) is 0. The minimum absolute atomic E-state index is 0.00961. The molecule has 1 fully saturated rings. The van der Waals surface area contributed by atoms with Gasteiger partial charge in [-0.1, -0.05) is 54.5 Å². The number of rotatable bonds is 26. The van der Waals surface area contributed by atoms with Crippen LogP contribution in [-0.2, 0) is 93.9 Å². The molecule has 0 unspecified atom stereocenters. The van der Waals surface area contributed by atoms with E-state index in [1.807, 2.05) is 29.6 Å². The second kappa shape index (κ2) is 29.5. The van der Waals surface area contributed by atoms with Crippen LogP contribution in [0, 0.1) is 0 Å². The van der Waals surface area contributed by atoms with E-state index in [4.69, 9.17) is 40.2 Å². The van der Waals surface area contributed by atoms with E-state index in [-0.39, 0.29) is 127 Å². The molecule has 3 aliphatic rings. The Labute approximate surface area is 478 Å². The zero-order valence-electron chi connectivity index (χ0n) is 45.7. The zero-order chi connectivity index (χ0) is 60.3. The van der Waals surface area contributed by atoms with Crippen LogP contribution in [0.1, 0.15) is 66.0 Å². The van der Waals surface area contributed by atoms with Crippen LogP contribution in [-0.4, -0.2) is 169 Å². The van der Waals surface area contributed by atoms with Crippen LogP contribution < -0.4 is 54.2 Å². The number of carbonyl (C=O) groups is 9. The van der Waals surface area contributed by atoms with Crippen molar-refractivity contribution in [3.05, 3.63) is 98.3 Å².